The van der Waals surface area contributed by atoms with Crippen molar-refractivity contribution < 1.29 is 4.74 Å². The predicted molar refractivity (Wildman–Crippen MR) is 80.3 cm³/mol. The highest BCUT2D eigenvalue weighted by Gasteiger charge is 2.24. The highest BCUT2D eigenvalue weighted by molar-refractivity contribution is 5.79. The molecule has 7 nitrogen and oxygen atoms in total. The molecule has 1 N–H and O–H groups in total. The number of aromatic amines is 1. The average Bonchev–Trinajstić information content (AvgIpc) is 3.16. The van der Waals surface area contributed by atoms with Crippen molar-refractivity contribution in [2.45, 2.75) is 26.0 Å². The van der Waals surface area contributed by atoms with E-state index in [2.05, 4.69) is 20.1 Å². The van der Waals surface area contributed by atoms with Crippen LogP contribution in [-0.4, -0.2) is 31.3 Å². The molecule has 1 unspecified atom stereocenters. The fourth-order valence-electron chi connectivity index (χ4n) is 2.81. The van der Waals surface area contributed by atoms with Crippen LogP contribution >= 0.6 is 0 Å². The van der Waals surface area contributed by atoms with Crippen molar-refractivity contribution in [1.29, 1.82) is 0 Å². The van der Waals surface area contributed by atoms with Crippen LogP contribution in [0.4, 0.5) is 0 Å². The lowest BCUT2D eigenvalue weighted by Crippen LogP contribution is -2.13. The van der Waals surface area contributed by atoms with Crippen molar-refractivity contribution >= 4 is 11.0 Å². The van der Waals surface area contributed by atoms with Crippen molar-refractivity contribution in [3.8, 4) is 11.4 Å². The number of aromatic nitrogens is 5. The van der Waals surface area contributed by atoms with Gasteiger partial charge in [0.2, 0.25) is 0 Å². The van der Waals surface area contributed by atoms with E-state index in [-0.39, 0.29) is 11.8 Å². The fraction of sp³-hybridized carbons (Fsp3) is 0.333. The molecule has 3 aromatic heterocycles. The number of pyridine rings is 1. The summed E-state index contributed by atoms with van der Waals surface area (Å²) in [6, 6.07) is 3.62. The minimum Gasteiger partial charge on any atom is -0.356 e. The molecule has 0 aliphatic carbocycles. The summed E-state index contributed by atoms with van der Waals surface area (Å²) in [5, 5.41) is 4.99. The van der Waals surface area contributed by atoms with Crippen molar-refractivity contribution in [3.63, 3.8) is 0 Å². The zero-order chi connectivity index (χ0) is 15.1. The van der Waals surface area contributed by atoms with Gasteiger partial charge in [-0.05, 0) is 31.9 Å². The van der Waals surface area contributed by atoms with Crippen LogP contribution in [0.25, 0.3) is 22.4 Å². The second-order valence-corrected chi connectivity index (χ2v) is 5.35. The van der Waals surface area contributed by atoms with Gasteiger partial charge in [-0.1, -0.05) is 0 Å². The van der Waals surface area contributed by atoms with Crippen molar-refractivity contribution in [2.24, 2.45) is 0 Å². The average molecular weight is 297 g/mol. The summed E-state index contributed by atoms with van der Waals surface area (Å²) in [6.07, 6.45) is 5.07. The molecule has 22 heavy (non-hydrogen) atoms. The quantitative estimate of drug-likeness (QED) is 0.779. The van der Waals surface area contributed by atoms with E-state index in [1.54, 1.807) is 17.1 Å². The van der Waals surface area contributed by atoms with Gasteiger partial charge in [-0.15, -0.1) is 0 Å². The molecule has 0 spiro atoms. The molecule has 1 atom stereocenters. The van der Waals surface area contributed by atoms with Crippen LogP contribution in [0.1, 0.15) is 24.8 Å². The maximum absolute atomic E-state index is 12.4. The molecular weight excluding hydrogens is 282 g/mol. The van der Waals surface area contributed by atoms with Crippen LogP contribution in [0.3, 0.4) is 0 Å². The zero-order valence-corrected chi connectivity index (χ0v) is 12.1. The minimum absolute atomic E-state index is 0.143. The highest BCUT2D eigenvalue weighted by Crippen LogP contribution is 2.26. The Labute approximate surface area is 126 Å². The summed E-state index contributed by atoms with van der Waals surface area (Å²) in [5.41, 5.74) is 1.87. The number of hydrogen-bond donors (Lipinski definition) is 1. The van der Waals surface area contributed by atoms with E-state index in [1.165, 1.54) is 0 Å². The molecule has 1 fully saturated rings. The van der Waals surface area contributed by atoms with E-state index in [1.807, 2.05) is 19.1 Å². The van der Waals surface area contributed by atoms with Crippen LogP contribution in [0.5, 0.6) is 0 Å². The summed E-state index contributed by atoms with van der Waals surface area (Å²) in [4.78, 5) is 23.8. The molecule has 7 heteroatoms. The minimum atomic E-state index is -0.182. The number of fused-ring (bicyclic) bond motifs is 1. The lowest BCUT2D eigenvalue weighted by Gasteiger charge is -2.10. The first kappa shape index (κ1) is 13.1. The number of hydrogen-bond acceptors (Lipinski definition) is 5. The Kier molecular flexibility index (Phi) is 3.00. The number of aryl methyl sites for hydroxylation is 1. The van der Waals surface area contributed by atoms with Gasteiger partial charge in [0.05, 0.1) is 5.69 Å². The van der Waals surface area contributed by atoms with E-state index in [9.17, 15) is 4.79 Å². The van der Waals surface area contributed by atoms with Crippen LogP contribution in [0, 0.1) is 6.92 Å². The maximum Gasteiger partial charge on any atom is 0.262 e. The molecule has 1 aliphatic rings. The number of ether oxygens (including phenoxy) is 1. The summed E-state index contributed by atoms with van der Waals surface area (Å²) in [5.74, 6) is 0.513. The molecule has 0 bridgehead atoms. The molecule has 4 rings (SSSR count). The van der Waals surface area contributed by atoms with Crippen molar-refractivity contribution in [3.05, 3.63) is 40.6 Å². The zero-order valence-electron chi connectivity index (χ0n) is 12.1. The van der Waals surface area contributed by atoms with Gasteiger partial charge in [-0.3, -0.25) is 9.78 Å². The van der Waals surface area contributed by atoms with Gasteiger partial charge < -0.3 is 9.72 Å². The molecule has 0 amide bonds. The largest absolute Gasteiger partial charge is 0.356 e. The van der Waals surface area contributed by atoms with Gasteiger partial charge in [-0.25, -0.2) is 9.67 Å². The highest BCUT2D eigenvalue weighted by atomic mass is 16.5. The lowest BCUT2D eigenvalue weighted by atomic mass is 10.2. The van der Waals surface area contributed by atoms with Gasteiger partial charge in [0.1, 0.15) is 11.2 Å². The Bertz CT molecular complexity index is 878. The van der Waals surface area contributed by atoms with Gasteiger partial charge in [-0.2, -0.15) is 5.10 Å². The van der Waals surface area contributed by atoms with Crippen LogP contribution in [0.2, 0.25) is 0 Å². The molecule has 0 saturated carbocycles. The van der Waals surface area contributed by atoms with Crippen molar-refractivity contribution in [2.75, 3.05) is 6.61 Å². The Morgan fingerprint density at radius 2 is 2.18 bits per heavy atom. The number of nitrogens with zero attached hydrogens (tertiary/aromatic N) is 4. The summed E-state index contributed by atoms with van der Waals surface area (Å²) in [7, 11) is 0. The Balaban J connectivity index is 1.95. The van der Waals surface area contributed by atoms with E-state index >= 15 is 0 Å². The molecule has 3 aromatic rings. The summed E-state index contributed by atoms with van der Waals surface area (Å²) >= 11 is 0. The first-order valence-corrected chi connectivity index (χ1v) is 7.25. The van der Waals surface area contributed by atoms with Crippen LogP contribution in [0.15, 0.2) is 29.3 Å². The Morgan fingerprint density at radius 3 is 2.91 bits per heavy atom. The molecule has 0 radical (unpaired) electrons. The third-order valence-corrected chi connectivity index (χ3v) is 3.87. The summed E-state index contributed by atoms with van der Waals surface area (Å²) < 4.78 is 7.42. The fourth-order valence-corrected chi connectivity index (χ4v) is 2.81. The number of rotatable bonds is 2. The standard InChI is InChI=1S/C15H15N5O2/c1-9-12-14(20(19-9)11-3-2-8-22-11)17-13(18-15(12)21)10-4-6-16-7-5-10/h4-7,11H,2-3,8H2,1H3,(H,17,18,21). The Hall–Kier alpha value is -2.54. The van der Waals surface area contributed by atoms with Crippen LogP contribution in [-0.2, 0) is 4.74 Å². The molecule has 1 saturated heterocycles. The maximum atomic E-state index is 12.4. The normalized spacial score (nSPS) is 18.1. The van der Waals surface area contributed by atoms with Crippen molar-refractivity contribution in [1.82, 2.24) is 24.7 Å². The molecular formula is C15H15N5O2. The third kappa shape index (κ3) is 2.01. The Morgan fingerprint density at radius 1 is 1.36 bits per heavy atom. The first-order valence-electron chi connectivity index (χ1n) is 7.25. The summed E-state index contributed by atoms with van der Waals surface area (Å²) in [6.45, 7) is 2.53. The molecule has 4 heterocycles. The van der Waals surface area contributed by atoms with Gasteiger partial charge in [0.15, 0.2) is 11.9 Å². The monoisotopic (exact) mass is 297 g/mol. The van der Waals surface area contributed by atoms with Gasteiger partial charge in [0, 0.05) is 24.6 Å². The van der Waals surface area contributed by atoms with Gasteiger partial charge in [0.25, 0.3) is 5.56 Å². The second-order valence-electron chi connectivity index (χ2n) is 5.35. The lowest BCUT2D eigenvalue weighted by molar-refractivity contribution is 0.0496. The number of H-pyrrole nitrogens is 1. The SMILES string of the molecule is Cc1nn(C2CCCO2)c2nc(-c3ccncc3)[nH]c(=O)c12. The van der Waals surface area contributed by atoms with Crippen LogP contribution < -0.4 is 5.56 Å². The second kappa shape index (κ2) is 5.03. The third-order valence-electron chi connectivity index (χ3n) is 3.87. The van der Waals surface area contributed by atoms with E-state index in [0.29, 0.717) is 29.2 Å². The number of nitrogens with one attached hydrogen (secondary N) is 1. The smallest absolute Gasteiger partial charge is 0.262 e. The van der Waals surface area contributed by atoms with E-state index in [4.69, 9.17) is 4.74 Å². The molecule has 0 aromatic carbocycles. The van der Waals surface area contributed by atoms with Gasteiger partial charge >= 0.3 is 0 Å². The molecule has 1 aliphatic heterocycles. The van der Waals surface area contributed by atoms with E-state index < -0.39 is 0 Å². The van der Waals surface area contributed by atoms with E-state index in [0.717, 1.165) is 18.4 Å². The predicted octanol–water partition coefficient (Wildman–Crippen LogP) is 1.80. The topological polar surface area (TPSA) is 85.7 Å². The first-order chi connectivity index (χ1) is 10.7. The molecule has 112 valence electrons.